The summed E-state index contributed by atoms with van der Waals surface area (Å²) in [5, 5.41) is 12.8. The second-order valence-electron chi connectivity index (χ2n) is 7.81. The van der Waals surface area contributed by atoms with Gasteiger partial charge < -0.3 is 10.2 Å². The third-order valence-corrected chi connectivity index (χ3v) is 5.76. The molecule has 0 bridgehead atoms. The van der Waals surface area contributed by atoms with Gasteiger partial charge in [-0.3, -0.25) is 0 Å². The van der Waals surface area contributed by atoms with E-state index < -0.39 is 0 Å². The molecule has 1 aromatic heterocycles. The predicted molar refractivity (Wildman–Crippen MR) is 104 cm³/mol. The molecule has 2 aliphatic rings. The molecule has 1 aromatic rings. The predicted octanol–water partition coefficient (Wildman–Crippen LogP) is 3.40. The molecule has 3 rings (SSSR count). The summed E-state index contributed by atoms with van der Waals surface area (Å²) in [7, 11) is 0. The van der Waals surface area contributed by atoms with Crippen LogP contribution in [0.25, 0.3) is 0 Å². The summed E-state index contributed by atoms with van der Waals surface area (Å²) in [5.41, 5.74) is 2.15. The van der Waals surface area contributed by atoms with Crippen LogP contribution >= 0.6 is 0 Å². The van der Waals surface area contributed by atoms with Crippen molar-refractivity contribution in [2.24, 2.45) is 0 Å². The van der Waals surface area contributed by atoms with Gasteiger partial charge in [0.1, 0.15) is 6.07 Å². The normalized spacial score (nSPS) is 19.3. The molecule has 1 aliphatic heterocycles. The Bertz CT molecular complexity index is 581. The first kappa shape index (κ1) is 19.3. The van der Waals surface area contributed by atoms with Crippen molar-refractivity contribution in [2.45, 2.75) is 70.1 Å². The van der Waals surface area contributed by atoms with Crippen molar-refractivity contribution >= 4 is 0 Å². The lowest BCUT2D eigenvalue weighted by Gasteiger charge is -2.15. The average Bonchev–Trinajstić information content (AvgIpc) is 3.04. The largest absolute Gasteiger partial charge is 0.315 e. The van der Waals surface area contributed by atoms with Crippen molar-refractivity contribution in [2.75, 3.05) is 32.7 Å². The van der Waals surface area contributed by atoms with Crippen LogP contribution in [-0.4, -0.2) is 47.6 Å². The molecule has 2 heterocycles. The quantitative estimate of drug-likeness (QED) is 0.572. The van der Waals surface area contributed by atoms with Crippen LogP contribution in [0.3, 0.4) is 0 Å². The number of rotatable bonds is 8. The molecule has 0 unspecified atom stereocenters. The highest BCUT2D eigenvalue weighted by Crippen LogP contribution is 2.30. The molecule has 0 spiro atoms. The standard InChI is InChI=1S/C21H33N5/c22-17-21-24-19(10-7-11-23-12-15-26-13-5-6-14-26)16-20(25-21)18-8-3-1-2-4-9-18/h16,18,23H,1-15H2. The van der Waals surface area contributed by atoms with E-state index in [9.17, 15) is 5.26 Å². The maximum atomic E-state index is 9.29. The van der Waals surface area contributed by atoms with Crippen molar-refractivity contribution in [1.82, 2.24) is 20.2 Å². The van der Waals surface area contributed by atoms with E-state index in [-0.39, 0.29) is 0 Å². The second-order valence-corrected chi connectivity index (χ2v) is 7.81. The van der Waals surface area contributed by atoms with Crippen molar-refractivity contribution in [3.8, 4) is 6.07 Å². The number of nitrogens with one attached hydrogen (secondary N) is 1. The number of hydrogen-bond donors (Lipinski definition) is 1. The van der Waals surface area contributed by atoms with Gasteiger partial charge in [-0.15, -0.1) is 0 Å². The first-order chi connectivity index (χ1) is 12.8. The highest BCUT2D eigenvalue weighted by Gasteiger charge is 2.17. The Morgan fingerprint density at radius 2 is 1.81 bits per heavy atom. The van der Waals surface area contributed by atoms with Crippen molar-refractivity contribution < 1.29 is 0 Å². The van der Waals surface area contributed by atoms with E-state index in [0.717, 1.165) is 43.9 Å². The van der Waals surface area contributed by atoms with Gasteiger partial charge in [0.2, 0.25) is 5.82 Å². The molecule has 1 N–H and O–H groups in total. The highest BCUT2D eigenvalue weighted by molar-refractivity contribution is 5.21. The minimum Gasteiger partial charge on any atom is -0.315 e. The Morgan fingerprint density at radius 1 is 1.04 bits per heavy atom. The van der Waals surface area contributed by atoms with Crippen LogP contribution in [0.15, 0.2) is 6.07 Å². The van der Waals surface area contributed by atoms with E-state index in [0.29, 0.717) is 11.7 Å². The maximum absolute atomic E-state index is 9.29. The van der Waals surface area contributed by atoms with E-state index in [1.165, 1.54) is 64.5 Å². The Balaban J connectivity index is 1.45. The number of aryl methyl sites for hydroxylation is 1. The molecule has 5 heteroatoms. The average molecular weight is 356 g/mol. The van der Waals surface area contributed by atoms with Gasteiger partial charge in [0.05, 0.1) is 0 Å². The summed E-state index contributed by atoms with van der Waals surface area (Å²) in [6.45, 7) is 5.78. The molecule has 0 amide bonds. The van der Waals surface area contributed by atoms with E-state index in [1.54, 1.807) is 0 Å². The maximum Gasteiger partial charge on any atom is 0.232 e. The fraction of sp³-hybridized carbons (Fsp3) is 0.762. The highest BCUT2D eigenvalue weighted by atomic mass is 15.1. The summed E-state index contributed by atoms with van der Waals surface area (Å²) < 4.78 is 0. The zero-order valence-electron chi connectivity index (χ0n) is 16.1. The van der Waals surface area contributed by atoms with Gasteiger partial charge in [-0.1, -0.05) is 25.7 Å². The lowest BCUT2D eigenvalue weighted by Crippen LogP contribution is -2.30. The number of hydrogen-bond acceptors (Lipinski definition) is 5. The molecular formula is C21H33N5. The van der Waals surface area contributed by atoms with Crippen LogP contribution in [0.5, 0.6) is 0 Å². The van der Waals surface area contributed by atoms with E-state index >= 15 is 0 Å². The fourth-order valence-electron chi connectivity index (χ4n) is 4.24. The SMILES string of the molecule is N#Cc1nc(CCCNCCN2CCCC2)cc(C2CCCCCC2)n1. The van der Waals surface area contributed by atoms with Crippen molar-refractivity contribution in [3.63, 3.8) is 0 Å². The third-order valence-electron chi connectivity index (χ3n) is 5.76. The minimum absolute atomic E-state index is 0.351. The lowest BCUT2D eigenvalue weighted by molar-refractivity contribution is 0.336. The smallest absolute Gasteiger partial charge is 0.232 e. The summed E-state index contributed by atoms with van der Waals surface area (Å²) in [6, 6.07) is 4.33. The summed E-state index contributed by atoms with van der Waals surface area (Å²) in [4.78, 5) is 11.5. The zero-order valence-corrected chi connectivity index (χ0v) is 16.1. The number of likely N-dealkylation sites (tertiary alicyclic amines) is 1. The molecule has 0 aromatic carbocycles. The molecule has 26 heavy (non-hydrogen) atoms. The fourth-order valence-corrected chi connectivity index (χ4v) is 4.24. The van der Waals surface area contributed by atoms with E-state index in [4.69, 9.17) is 0 Å². The lowest BCUT2D eigenvalue weighted by atomic mass is 9.95. The summed E-state index contributed by atoms with van der Waals surface area (Å²) >= 11 is 0. The summed E-state index contributed by atoms with van der Waals surface area (Å²) in [5.74, 6) is 0.869. The summed E-state index contributed by atoms with van der Waals surface area (Å²) in [6.07, 6.45) is 12.4. The Hall–Kier alpha value is -1.51. The Labute approximate surface area is 158 Å². The van der Waals surface area contributed by atoms with Gasteiger partial charge in [0, 0.05) is 30.4 Å². The number of nitrogens with zero attached hydrogens (tertiary/aromatic N) is 4. The first-order valence-corrected chi connectivity index (χ1v) is 10.6. The first-order valence-electron chi connectivity index (χ1n) is 10.6. The third kappa shape index (κ3) is 6.03. The van der Waals surface area contributed by atoms with E-state index in [2.05, 4.69) is 32.3 Å². The zero-order chi connectivity index (χ0) is 18.0. The van der Waals surface area contributed by atoms with Gasteiger partial charge in [-0.05, 0) is 64.2 Å². The van der Waals surface area contributed by atoms with Gasteiger partial charge in [-0.2, -0.15) is 5.26 Å². The molecule has 0 atom stereocenters. The van der Waals surface area contributed by atoms with Gasteiger partial charge in [-0.25, -0.2) is 9.97 Å². The monoisotopic (exact) mass is 355 g/mol. The van der Waals surface area contributed by atoms with Crippen LogP contribution in [0.2, 0.25) is 0 Å². The van der Waals surface area contributed by atoms with Crippen LogP contribution in [-0.2, 0) is 6.42 Å². The topological polar surface area (TPSA) is 64.8 Å². The van der Waals surface area contributed by atoms with Gasteiger partial charge in [0.15, 0.2) is 0 Å². The van der Waals surface area contributed by atoms with Crippen LogP contribution in [0.1, 0.15) is 80.9 Å². The number of nitriles is 1. The molecule has 1 saturated heterocycles. The number of aromatic nitrogens is 2. The molecule has 1 aliphatic carbocycles. The van der Waals surface area contributed by atoms with Crippen molar-refractivity contribution in [3.05, 3.63) is 23.3 Å². The van der Waals surface area contributed by atoms with Crippen LogP contribution in [0.4, 0.5) is 0 Å². The van der Waals surface area contributed by atoms with Crippen LogP contribution in [0, 0.1) is 11.3 Å². The molecule has 0 radical (unpaired) electrons. The van der Waals surface area contributed by atoms with E-state index in [1.807, 2.05) is 0 Å². The Morgan fingerprint density at radius 3 is 2.54 bits per heavy atom. The van der Waals surface area contributed by atoms with Gasteiger partial charge in [0.25, 0.3) is 0 Å². The van der Waals surface area contributed by atoms with Crippen molar-refractivity contribution in [1.29, 1.82) is 5.26 Å². The second kappa shape index (κ2) is 10.6. The molecule has 142 valence electrons. The molecular weight excluding hydrogens is 322 g/mol. The van der Waals surface area contributed by atoms with Crippen LogP contribution < -0.4 is 5.32 Å². The molecule has 2 fully saturated rings. The molecule has 1 saturated carbocycles. The minimum atomic E-state index is 0.351. The Kier molecular flexibility index (Phi) is 7.85. The molecule has 5 nitrogen and oxygen atoms in total. The van der Waals surface area contributed by atoms with Gasteiger partial charge >= 0.3 is 0 Å².